The van der Waals surface area contributed by atoms with Gasteiger partial charge < -0.3 is 19.7 Å². The van der Waals surface area contributed by atoms with Crippen molar-refractivity contribution in [1.82, 2.24) is 10.1 Å². The quantitative estimate of drug-likeness (QED) is 0.662. The monoisotopic (exact) mass is 332 g/mol. The van der Waals surface area contributed by atoms with Gasteiger partial charge in [0.25, 0.3) is 5.69 Å². The Morgan fingerprint density at radius 3 is 2.58 bits per heavy atom. The summed E-state index contributed by atoms with van der Waals surface area (Å²) < 4.78 is 16.1. The number of fused-ring (bicyclic) bond motifs is 1. The molecule has 2 heterocycles. The molecule has 1 fully saturated rings. The molecule has 1 aromatic carbocycles. The minimum atomic E-state index is -0.527. The molecule has 4 rings (SSSR count). The lowest BCUT2D eigenvalue weighted by Gasteiger charge is -2.34. The number of nitrogens with zero attached hydrogens (tertiary/aromatic N) is 3. The molecule has 2 N–H and O–H groups in total. The van der Waals surface area contributed by atoms with Crippen LogP contribution in [0, 0.1) is 10.1 Å². The number of nitro groups is 1. The fourth-order valence-electron chi connectivity index (χ4n) is 2.90. The van der Waals surface area contributed by atoms with Crippen molar-refractivity contribution >= 4 is 5.69 Å². The first-order valence-corrected chi connectivity index (χ1v) is 7.74. The lowest BCUT2D eigenvalue weighted by Crippen LogP contribution is -2.44. The molecule has 0 amide bonds. The molecule has 24 heavy (non-hydrogen) atoms. The molecular weight excluding hydrogens is 316 g/mol. The Hall–Kier alpha value is -2.68. The standard InChI is InChI=1S/C15H16N4O5/c16-15(2-1-3-15)14-17-13(24-18-14)7-9-6-11-12(23-5-4-22-11)8-10(9)19(20)21/h6,8H,1-5,7,16H2. The molecule has 1 aromatic heterocycles. The third-order valence-electron chi connectivity index (χ3n) is 4.44. The molecule has 2 aromatic rings. The summed E-state index contributed by atoms with van der Waals surface area (Å²) in [5, 5.41) is 15.3. The van der Waals surface area contributed by atoms with Gasteiger partial charge in [0.05, 0.1) is 22.9 Å². The van der Waals surface area contributed by atoms with Gasteiger partial charge >= 0.3 is 0 Å². The van der Waals surface area contributed by atoms with Crippen molar-refractivity contribution in [2.24, 2.45) is 5.73 Å². The molecule has 1 saturated carbocycles. The van der Waals surface area contributed by atoms with Gasteiger partial charge in [-0.3, -0.25) is 10.1 Å². The van der Waals surface area contributed by atoms with E-state index in [9.17, 15) is 10.1 Å². The number of benzene rings is 1. The third kappa shape index (κ3) is 2.46. The van der Waals surface area contributed by atoms with Crippen molar-refractivity contribution in [3.05, 3.63) is 39.5 Å². The number of nitrogens with two attached hydrogens (primary N) is 1. The SMILES string of the molecule is NC1(c2noc(Cc3cc4c(cc3[N+](=O)[O-])OCCO4)n2)CCC1. The third-order valence-corrected chi connectivity index (χ3v) is 4.44. The van der Waals surface area contributed by atoms with Crippen LogP contribution in [0.4, 0.5) is 5.69 Å². The summed E-state index contributed by atoms with van der Waals surface area (Å²) in [6, 6.07) is 2.97. The summed E-state index contributed by atoms with van der Waals surface area (Å²) in [5.74, 6) is 1.61. The Balaban J connectivity index is 1.65. The Bertz CT molecular complexity index is 799. The maximum Gasteiger partial charge on any atom is 0.277 e. The van der Waals surface area contributed by atoms with Crippen LogP contribution >= 0.6 is 0 Å². The minimum absolute atomic E-state index is 0.0647. The van der Waals surface area contributed by atoms with Crippen molar-refractivity contribution in [2.45, 2.75) is 31.2 Å². The van der Waals surface area contributed by atoms with Gasteiger partial charge in [-0.05, 0) is 25.3 Å². The summed E-state index contributed by atoms with van der Waals surface area (Å²) >= 11 is 0. The van der Waals surface area contributed by atoms with Crippen molar-refractivity contribution in [1.29, 1.82) is 0 Å². The maximum absolute atomic E-state index is 11.3. The molecule has 0 saturated heterocycles. The highest BCUT2D eigenvalue weighted by atomic mass is 16.6. The van der Waals surface area contributed by atoms with Gasteiger partial charge in [-0.2, -0.15) is 4.98 Å². The van der Waals surface area contributed by atoms with E-state index in [0.717, 1.165) is 19.3 Å². The van der Waals surface area contributed by atoms with Gasteiger partial charge in [0.1, 0.15) is 13.2 Å². The topological polar surface area (TPSA) is 127 Å². The van der Waals surface area contributed by atoms with E-state index in [1.54, 1.807) is 6.07 Å². The van der Waals surface area contributed by atoms with Crippen LogP contribution in [0.2, 0.25) is 0 Å². The molecule has 1 aliphatic carbocycles. The molecule has 0 atom stereocenters. The second kappa shape index (κ2) is 5.45. The van der Waals surface area contributed by atoms with E-state index in [1.165, 1.54) is 6.07 Å². The molecule has 0 spiro atoms. The van der Waals surface area contributed by atoms with E-state index in [0.29, 0.717) is 42.0 Å². The van der Waals surface area contributed by atoms with Crippen LogP contribution in [-0.2, 0) is 12.0 Å². The predicted molar refractivity (Wildman–Crippen MR) is 80.9 cm³/mol. The smallest absolute Gasteiger partial charge is 0.277 e. The molecule has 126 valence electrons. The maximum atomic E-state index is 11.3. The summed E-state index contributed by atoms with van der Waals surface area (Å²) in [6.07, 6.45) is 2.80. The van der Waals surface area contributed by atoms with Gasteiger partial charge in [-0.1, -0.05) is 5.16 Å². The van der Waals surface area contributed by atoms with E-state index < -0.39 is 10.5 Å². The van der Waals surface area contributed by atoms with Crippen LogP contribution < -0.4 is 15.2 Å². The number of hydrogen-bond acceptors (Lipinski definition) is 8. The number of nitro benzene ring substituents is 1. The predicted octanol–water partition coefficient (Wildman–Crippen LogP) is 1.68. The first-order valence-electron chi connectivity index (χ1n) is 7.74. The minimum Gasteiger partial charge on any atom is -0.486 e. The summed E-state index contributed by atoms with van der Waals surface area (Å²) in [7, 11) is 0. The van der Waals surface area contributed by atoms with Gasteiger partial charge in [0.2, 0.25) is 5.89 Å². The van der Waals surface area contributed by atoms with Crippen LogP contribution in [0.15, 0.2) is 16.7 Å². The Morgan fingerprint density at radius 2 is 1.96 bits per heavy atom. The van der Waals surface area contributed by atoms with Crippen molar-refractivity contribution in [3.8, 4) is 11.5 Å². The molecule has 9 nitrogen and oxygen atoms in total. The van der Waals surface area contributed by atoms with Crippen LogP contribution in [0.1, 0.15) is 36.5 Å². The fraction of sp³-hybridized carbons (Fsp3) is 0.467. The van der Waals surface area contributed by atoms with E-state index in [-0.39, 0.29) is 12.1 Å². The second-order valence-electron chi connectivity index (χ2n) is 6.08. The fourth-order valence-corrected chi connectivity index (χ4v) is 2.90. The van der Waals surface area contributed by atoms with Crippen molar-refractivity contribution in [3.63, 3.8) is 0 Å². The Labute approximate surface area is 136 Å². The molecule has 1 aliphatic heterocycles. The summed E-state index contributed by atoms with van der Waals surface area (Å²) in [4.78, 5) is 15.2. The highest BCUT2D eigenvalue weighted by Crippen LogP contribution is 2.39. The lowest BCUT2D eigenvalue weighted by atomic mass is 9.77. The first kappa shape index (κ1) is 14.9. The Morgan fingerprint density at radius 1 is 1.25 bits per heavy atom. The number of rotatable bonds is 4. The zero-order chi connectivity index (χ0) is 16.7. The van der Waals surface area contributed by atoms with E-state index >= 15 is 0 Å². The number of ether oxygens (including phenoxy) is 2. The van der Waals surface area contributed by atoms with Gasteiger partial charge in [0.15, 0.2) is 17.3 Å². The average Bonchev–Trinajstić information content (AvgIpc) is 3.00. The average molecular weight is 332 g/mol. The van der Waals surface area contributed by atoms with Crippen molar-refractivity contribution in [2.75, 3.05) is 13.2 Å². The van der Waals surface area contributed by atoms with Crippen molar-refractivity contribution < 1.29 is 18.9 Å². The molecule has 0 bridgehead atoms. The van der Waals surface area contributed by atoms with Crippen LogP contribution in [0.3, 0.4) is 0 Å². The number of hydrogen-bond donors (Lipinski definition) is 1. The van der Waals surface area contributed by atoms with Gasteiger partial charge in [0, 0.05) is 5.56 Å². The normalized spacial score (nSPS) is 18.0. The summed E-state index contributed by atoms with van der Waals surface area (Å²) in [6.45, 7) is 0.778. The molecule has 2 aliphatic rings. The van der Waals surface area contributed by atoms with Crippen LogP contribution in [0.25, 0.3) is 0 Å². The summed E-state index contributed by atoms with van der Waals surface area (Å²) in [5.41, 5.74) is 6.01. The number of aromatic nitrogens is 2. The van der Waals surface area contributed by atoms with Gasteiger partial charge in [-0.25, -0.2) is 0 Å². The van der Waals surface area contributed by atoms with E-state index in [1.807, 2.05) is 0 Å². The van der Waals surface area contributed by atoms with Gasteiger partial charge in [-0.15, -0.1) is 0 Å². The molecule has 9 heteroatoms. The molecule has 0 radical (unpaired) electrons. The molecular formula is C15H16N4O5. The second-order valence-corrected chi connectivity index (χ2v) is 6.08. The Kier molecular flexibility index (Phi) is 3.38. The van der Waals surface area contributed by atoms with E-state index in [4.69, 9.17) is 19.7 Å². The largest absolute Gasteiger partial charge is 0.486 e. The zero-order valence-electron chi connectivity index (χ0n) is 12.9. The zero-order valence-corrected chi connectivity index (χ0v) is 12.9. The van der Waals surface area contributed by atoms with Crippen LogP contribution in [0.5, 0.6) is 11.5 Å². The lowest BCUT2D eigenvalue weighted by molar-refractivity contribution is -0.385. The first-order chi connectivity index (χ1) is 11.5. The highest BCUT2D eigenvalue weighted by molar-refractivity contribution is 5.55. The molecule has 0 unspecified atom stereocenters. The van der Waals surface area contributed by atoms with E-state index in [2.05, 4.69) is 10.1 Å². The van der Waals surface area contributed by atoms with Crippen LogP contribution in [-0.4, -0.2) is 28.3 Å². The highest BCUT2D eigenvalue weighted by Gasteiger charge is 2.39.